The van der Waals surface area contributed by atoms with Gasteiger partial charge in [0.2, 0.25) is 0 Å². The molecule has 1 aromatic rings. The third kappa shape index (κ3) is 2.25. The molecule has 1 rings (SSSR count). The van der Waals surface area contributed by atoms with Gasteiger partial charge in [0.05, 0.1) is 0 Å². The standard InChI is InChI=1S/C8H8F2NO2P/c9-4-1-2-5(6(10)3-4)7(11-14)8(12)13/h1-3,7,11H,14H2,(H,12,13). The molecule has 0 aliphatic carbocycles. The van der Waals surface area contributed by atoms with Crippen molar-refractivity contribution in [3.63, 3.8) is 0 Å². The fraction of sp³-hybridized carbons (Fsp3) is 0.125. The average Bonchev–Trinajstić information content (AvgIpc) is 2.09. The van der Waals surface area contributed by atoms with E-state index in [2.05, 4.69) is 5.09 Å². The highest BCUT2D eigenvalue weighted by molar-refractivity contribution is 7.13. The summed E-state index contributed by atoms with van der Waals surface area (Å²) in [7, 11) is 1.98. The molecule has 6 heteroatoms. The number of benzene rings is 1. The van der Waals surface area contributed by atoms with Crippen LogP contribution < -0.4 is 5.09 Å². The molecule has 3 nitrogen and oxygen atoms in total. The van der Waals surface area contributed by atoms with E-state index in [0.29, 0.717) is 6.07 Å². The van der Waals surface area contributed by atoms with Crippen LogP contribution in [-0.2, 0) is 4.79 Å². The first kappa shape index (κ1) is 11.0. The molecule has 0 fully saturated rings. The van der Waals surface area contributed by atoms with E-state index in [1.165, 1.54) is 0 Å². The van der Waals surface area contributed by atoms with Crippen molar-refractivity contribution in [2.24, 2.45) is 0 Å². The van der Waals surface area contributed by atoms with Crippen LogP contribution >= 0.6 is 9.39 Å². The van der Waals surface area contributed by atoms with E-state index in [9.17, 15) is 13.6 Å². The molecule has 0 heterocycles. The summed E-state index contributed by atoms with van der Waals surface area (Å²) in [6, 6.07) is 1.56. The molecule has 0 amide bonds. The van der Waals surface area contributed by atoms with E-state index < -0.39 is 23.6 Å². The van der Waals surface area contributed by atoms with Gasteiger partial charge in [-0.25, -0.2) is 8.78 Å². The van der Waals surface area contributed by atoms with E-state index in [-0.39, 0.29) is 5.56 Å². The Balaban J connectivity index is 3.10. The lowest BCUT2D eigenvalue weighted by Gasteiger charge is -2.11. The quantitative estimate of drug-likeness (QED) is 0.757. The number of hydrogen-bond acceptors (Lipinski definition) is 2. The molecular weight excluding hydrogens is 211 g/mol. The normalized spacial score (nSPS) is 12.5. The van der Waals surface area contributed by atoms with Gasteiger partial charge < -0.3 is 5.11 Å². The van der Waals surface area contributed by atoms with Gasteiger partial charge in [-0.3, -0.25) is 9.88 Å². The van der Waals surface area contributed by atoms with Crippen molar-refractivity contribution in [3.05, 3.63) is 35.4 Å². The predicted octanol–water partition coefficient (Wildman–Crippen LogP) is 1.47. The molecular formula is C8H8F2NO2P. The first-order valence-electron chi connectivity index (χ1n) is 3.70. The van der Waals surface area contributed by atoms with Crippen LogP contribution in [0.15, 0.2) is 18.2 Å². The number of nitrogens with one attached hydrogen (secondary N) is 1. The number of halogens is 2. The molecule has 14 heavy (non-hydrogen) atoms. The van der Waals surface area contributed by atoms with Gasteiger partial charge in [-0.2, -0.15) is 0 Å². The van der Waals surface area contributed by atoms with E-state index >= 15 is 0 Å². The Kier molecular flexibility index (Phi) is 3.49. The molecule has 0 saturated carbocycles. The van der Waals surface area contributed by atoms with Crippen molar-refractivity contribution in [2.75, 3.05) is 0 Å². The zero-order valence-corrected chi connectivity index (χ0v) is 8.15. The number of hydrogen-bond donors (Lipinski definition) is 2. The number of rotatable bonds is 3. The maximum absolute atomic E-state index is 13.1. The summed E-state index contributed by atoms with van der Waals surface area (Å²) in [5.41, 5.74) is -0.103. The van der Waals surface area contributed by atoms with Crippen LogP contribution in [0.4, 0.5) is 8.78 Å². The molecule has 0 spiro atoms. The molecule has 0 aliphatic rings. The molecule has 0 aromatic heterocycles. The summed E-state index contributed by atoms with van der Waals surface area (Å²) in [6.07, 6.45) is 0. The van der Waals surface area contributed by atoms with Crippen molar-refractivity contribution in [3.8, 4) is 0 Å². The fourth-order valence-electron chi connectivity index (χ4n) is 1.03. The zero-order valence-electron chi connectivity index (χ0n) is 7.00. The van der Waals surface area contributed by atoms with Crippen LogP contribution in [0.1, 0.15) is 11.6 Å². The van der Waals surface area contributed by atoms with Gasteiger partial charge in [-0.1, -0.05) is 15.5 Å². The van der Waals surface area contributed by atoms with Gasteiger partial charge in [0, 0.05) is 11.6 Å². The molecule has 0 aliphatic heterocycles. The van der Waals surface area contributed by atoms with E-state index in [0.717, 1.165) is 12.1 Å². The minimum absolute atomic E-state index is 0.103. The third-order valence-corrected chi connectivity index (χ3v) is 2.02. The number of carbonyl (C=O) groups is 1. The van der Waals surface area contributed by atoms with Gasteiger partial charge in [0.25, 0.3) is 0 Å². The molecule has 1 aromatic carbocycles. The van der Waals surface area contributed by atoms with Crippen molar-refractivity contribution >= 4 is 15.4 Å². The van der Waals surface area contributed by atoms with Crippen molar-refractivity contribution in [2.45, 2.75) is 6.04 Å². The van der Waals surface area contributed by atoms with Crippen molar-refractivity contribution in [1.82, 2.24) is 5.09 Å². The number of carboxylic acid groups (broad SMARTS) is 1. The molecule has 2 N–H and O–H groups in total. The summed E-state index contributed by atoms with van der Waals surface area (Å²) >= 11 is 0. The SMILES string of the molecule is O=C(O)C(NP)c1ccc(F)cc1F. The van der Waals surface area contributed by atoms with E-state index in [1.807, 2.05) is 9.39 Å². The molecule has 2 unspecified atom stereocenters. The number of carboxylic acids is 1. The average molecular weight is 219 g/mol. The van der Waals surface area contributed by atoms with Gasteiger partial charge in [0.1, 0.15) is 17.7 Å². The van der Waals surface area contributed by atoms with Crippen LogP contribution in [0.25, 0.3) is 0 Å². The van der Waals surface area contributed by atoms with E-state index in [4.69, 9.17) is 5.11 Å². The van der Waals surface area contributed by atoms with Crippen molar-refractivity contribution in [1.29, 1.82) is 0 Å². The second-order valence-electron chi connectivity index (χ2n) is 2.60. The maximum atomic E-state index is 13.1. The van der Waals surface area contributed by atoms with Crippen LogP contribution in [0.3, 0.4) is 0 Å². The smallest absolute Gasteiger partial charge is 0.325 e. The Morgan fingerprint density at radius 3 is 2.57 bits per heavy atom. The minimum atomic E-state index is -1.23. The molecule has 0 bridgehead atoms. The van der Waals surface area contributed by atoms with Crippen LogP contribution in [0, 0.1) is 11.6 Å². The first-order valence-corrected chi connectivity index (χ1v) is 4.28. The Morgan fingerprint density at radius 2 is 2.14 bits per heavy atom. The van der Waals surface area contributed by atoms with Crippen LogP contribution in [0.2, 0.25) is 0 Å². The third-order valence-electron chi connectivity index (χ3n) is 1.69. The Labute approximate surface area is 81.4 Å². The monoisotopic (exact) mass is 219 g/mol. The summed E-state index contributed by atoms with van der Waals surface area (Å²) in [5, 5.41) is 11.0. The summed E-state index contributed by atoms with van der Waals surface area (Å²) in [4.78, 5) is 10.6. The molecule has 2 atom stereocenters. The Bertz CT molecular complexity index is 359. The largest absolute Gasteiger partial charge is 0.480 e. The van der Waals surface area contributed by atoms with Gasteiger partial charge in [-0.15, -0.1) is 0 Å². The highest BCUT2D eigenvalue weighted by Gasteiger charge is 2.21. The highest BCUT2D eigenvalue weighted by Crippen LogP contribution is 2.19. The lowest BCUT2D eigenvalue weighted by molar-refractivity contribution is -0.139. The van der Waals surface area contributed by atoms with E-state index in [1.54, 1.807) is 0 Å². The highest BCUT2D eigenvalue weighted by atomic mass is 31.0. The molecule has 0 saturated heterocycles. The predicted molar refractivity (Wildman–Crippen MR) is 49.6 cm³/mol. The lowest BCUT2D eigenvalue weighted by atomic mass is 10.1. The molecule has 0 radical (unpaired) electrons. The van der Waals surface area contributed by atoms with Gasteiger partial charge in [-0.05, 0) is 6.07 Å². The minimum Gasteiger partial charge on any atom is -0.480 e. The second kappa shape index (κ2) is 4.44. The lowest BCUT2D eigenvalue weighted by Crippen LogP contribution is -2.22. The van der Waals surface area contributed by atoms with Crippen molar-refractivity contribution < 1.29 is 18.7 Å². The number of aliphatic carboxylic acids is 1. The maximum Gasteiger partial charge on any atom is 0.325 e. The van der Waals surface area contributed by atoms with Gasteiger partial charge in [0.15, 0.2) is 0 Å². The fourth-order valence-corrected chi connectivity index (χ4v) is 1.35. The summed E-state index contributed by atoms with van der Waals surface area (Å²) < 4.78 is 25.6. The summed E-state index contributed by atoms with van der Waals surface area (Å²) in [5.74, 6) is -2.85. The first-order chi connectivity index (χ1) is 6.56. The topological polar surface area (TPSA) is 49.3 Å². The molecule has 76 valence electrons. The summed E-state index contributed by atoms with van der Waals surface area (Å²) in [6.45, 7) is 0. The van der Waals surface area contributed by atoms with Crippen LogP contribution in [-0.4, -0.2) is 11.1 Å². The second-order valence-corrected chi connectivity index (χ2v) is 2.94. The Morgan fingerprint density at radius 1 is 1.50 bits per heavy atom. The zero-order chi connectivity index (χ0) is 10.7. The van der Waals surface area contributed by atoms with Crippen LogP contribution in [0.5, 0.6) is 0 Å². The Hall–Kier alpha value is -1.06. The van der Waals surface area contributed by atoms with Gasteiger partial charge >= 0.3 is 5.97 Å².